The molecule has 1 saturated carbocycles. The fourth-order valence-corrected chi connectivity index (χ4v) is 2.25. The van der Waals surface area contributed by atoms with Crippen molar-refractivity contribution < 1.29 is 0 Å². The summed E-state index contributed by atoms with van der Waals surface area (Å²) in [6.07, 6.45) is 12.3. The van der Waals surface area contributed by atoms with Gasteiger partial charge in [-0.2, -0.15) is 0 Å². The summed E-state index contributed by atoms with van der Waals surface area (Å²) < 4.78 is 0. The molecule has 0 aromatic carbocycles. The van der Waals surface area contributed by atoms with Gasteiger partial charge in [-0.05, 0) is 43.9 Å². The Labute approximate surface area is 98.2 Å². The highest BCUT2D eigenvalue weighted by Gasteiger charge is 2.16. The van der Waals surface area contributed by atoms with Crippen molar-refractivity contribution in [2.75, 3.05) is 13.1 Å². The van der Waals surface area contributed by atoms with Crippen LogP contribution in [-0.4, -0.2) is 19.0 Å². The quantitative estimate of drug-likeness (QED) is 0.433. The van der Waals surface area contributed by atoms with Crippen LogP contribution in [0.2, 0.25) is 0 Å². The van der Waals surface area contributed by atoms with E-state index in [4.69, 9.17) is 5.73 Å². The van der Waals surface area contributed by atoms with Gasteiger partial charge in [-0.15, -0.1) is 0 Å². The Morgan fingerprint density at radius 3 is 2.75 bits per heavy atom. The maximum absolute atomic E-state index is 5.84. The van der Waals surface area contributed by atoms with Crippen molar-refractivity contribution in [3.8, 4) is 0 Å². The van der Waals surface area contributed by atoms with E-state index in [9.17, 15) is 0 Å². The average Bonchev–Trinajstić information content (AvgIpc) is 2.26. The van der Waals surface area contributed by atoms with Gasteiger partial charge in [-0.3, -0.25) is 4.99 Å². The number of nitrogens with two attached hydrogens (primary N) is 1. The minimum Gasteiger partial charge on any atom is -0.370 e. The Morgan fingerprint density at radius 1 is 1.25 bits per heavy atom. The molecule has 3 N–H and O–H groups in total. The number of hydrogen-bond donors (Lipinski definition) is 2. The first-order valence-corrected chi connectivity index (χ1v) is 6.53. The Hall–Kier alpha value is -0.990. The molecule has 16 heavy (non-hydrogen) atoms. The second-order valence-corrected chi connectivity index (χ2v) is 5.05. The number of rotatable bonds is 4. The van der Waals surface area contributed by atoms with E-state index in [1.54, 1.807) is 0 Å². The normalized spacial score (nSPS) is 26.5. The molecule has 3 heteroatoms. The summed E-state index contributed by atoms with van der Waals surface area (Å²) >= 11 is 0. The minimum atomic E-state index is 0.640. The largest absolute Gasteiger partial charge is 0.370 e. The van der Waals surface area contributed by atoms with E-state index in [0.717, 1.165) is 19.0 Å². The van der Waals surface area contributed by atoms with Gasteiger partial charge in [0.15, 0.2) is 5.96 Å². The zero-order valence-electron chi connectivity index (χ0n) is 9.99. The van der Waals surface area contributed by atoms with Crippen LogP contribution in [0.4, 0.5) is 0 Å². The summed E-state index contributed by atoms with van der Waals surface area (Å²) in [5, 5.41) is 3.23. The van der Waals surface area contributed by atoms with E-state index >= 15 is 0 Å². The van der Waals surface area contributed by atoms with Gasteiger partial charge in [0.25, 0.3) is 0 Å². The van der Waals surface area contributed by atoms with Crippen LogP contribution in [0.1, 0.15) is 38.5 Å². The summed E-state index contributed by atoms with van der Waals surface area (Å²) in [5.41, 5.74) is 5.84. The van der Waals surface area contributed by atoms with Crippen molar-refractivity contribution in [1.29, 1.82) is 0 Å². The van der Waals surface area contributed by atoms with E-state index < -0.39 is 0 Å². The van der Waals surface area contributed by atoms with Gasteiger partial charge >= 0.3 is 0 Å². The Kier molecular flexibility index (Phi) is 4.25. The van der Waals surface area contributed by atoms with Crippen LogP contribution < -0.4 is 11.1 Å². The van der Waals surface area contributed by atoms with Gasteiger partial charge in [-0.1, -0.05) is 18.6 Å². The molecule has 0 aliphatic heterocycles. The monoisotopic (exact) mass is 221 g/mol. The molecule has 0 bridgehead atoms. The number of nitrogens with zero attached hydrogens (tertiary/aromatic N) is 1. The molecule has 3 nitrogen and oxygen atoms in total. The number of allylic oxidation sites excluding steroid dienone is 2. The molecule has 0 aromatic rings. The third-order valence-electron chi connectivity index (χ3n) is 3.69. The highest BCUT2D eigenvalue weighted by atomic mass is 15.1. The summed E-state index contributed by atoms with van der Waals surface area (Å²) in [5.74, 6) is 2.18. The fraction of sp³-hybridized carbons (Fsp3) is 0.769. The Morgan fingerprint density at radius 2 is 2.12 bits per heavy atom. The topological polar surface area (TPSA) is 50.4 Å². The fourth-order valence-electron chi connectivity index (χ4n) is 2.25. The van der Waals surface area contributed by atoms with Crippen molar-refractivity contribution in [2.45, 2.75) is 38.5 Å². The molecule has 2 rings (SSSR count). The predicted octanol–water partition coefficient (Wildman–Crippen LogP) is 2.05. The van der Waals surface area contributed by atoms with E-state index in [2.05, 4.69) is 22.5 Å². The summed E-state index contributed by atoms with van der Waals surface area (Å²) in [6.45, 7) is 1.90. The minimum absolute atomic E-state index is 0.640. The van der Waals surface area contributed by atoms with Gasteiger partial charge in [-0.25, -0.2) is 0 Å². The second-order valence-electron chi connectivity index (χ2n) is 5.05. The number of guanidine groups is 1. The van der Waals surface area contributed by atoms with Crippen LogP contribution in [-0.2, 0) is 0 Å². The highest BCUT2D eigenvalue weighted by Crippen LogP contribution is 2.25. The van der Waals surface area contributed by atoms with Crippen LogP contribution in [0.3, 0.4) is 0 Å². The first kappa shape index (κ1) is 11.5. The second kappa shape index (κ2) is 5.92. The maximum atomic E-state index is 5.84. The van der Waals surface area contributed by atoms with Crippen LogP contribution in [0, 0.1) is 11.8 Å². The zero-order valence-corrected chi connectivity index (χ0v) is 9.99. The van der Waals surface area contributed by atoms with E-state index in [-0.39, 0.29) is 0 Å². The molecule has 1 unspecified atom stereocenters. The average molecular weight is 221 g/mol. The summed E-state index contributed by atoms with van der Waals surface area (Å²) in [6, 6.07) is 0. The standard InChI is InChI=1S/C13H23N3/c14-13(16-10-12-7-4-8-12)15-9-11-5-2-1-3-6-11/h1-2,11-12H,3-10H2,(H3,14,15,16). The lowest BCUT2D eigenvalue weighted by Crippen LogP contribution is -2.37. The zero-order chi connectivity index (χ0) is 11.2. The molecule has 0 aromatic heterocycles. The lowest BCUT2D eigenvalue weighted by atomic mass is 9.85. The molecule has 0 spiro atoms. The molecule has 0 heterocycles. The lowest BCUT2D eigenvalue weighted by Gasteiger charge is -2.25. The van der Waals surface area contributed by atoms with Crippen molar-refractivity contribution in [3.05, 3.63) is 12.2 Å². The number of nitrogens with one attached hydrogen (secondary N) is 1. The predicted molar refractivity (Wildman–Crippen MR) is 68.3 cm³/mol. The molecule has 90 valence electrons. The number of hydrogen-bond acceptors (Lipinski definition) is 1. The molecule has 0 radical (unpaired) electrons. The van der Waals surface area contributed by atoms with E-state index in [0.29, 0.717) is 11.9 Å². The lowest BCUT2D eigenvalue weighted by molar-refractivity contribution is 0.315. The van der Waals surface area contributed by atoms with Crippen LogP contribution in [0.15, 0.2) is 17.1 Å². The molecule has 2 aliphatic rings. The molecule has 0 saturated heterocycles. The molecule has 2 aliphatic carbocycles. The van der Waals surface area contributed by atoms with Gasteiger partial charge in [0.2, 0.25) is 0 Å². The van der Waals surface area contributed by atoms with Crippen molar-refractivity contribution in [2.24, 2.45) is 22.6 Å². The Balaban J connectivity index is 1.63. The smallest absolute Gasteiger partial charge is 0.188 e. The molecular weight excluding hydrogens is 198 g/mol. The molecular formula is C13H23N3. The molecule has 1 fully saturated rings. The summed E-state index contributed by atoms with van der Waals surface area (Å²) in [4.78, 5) is 4.43. The van der Waals surface area contributed by atoms with Crippen LogP contribution >= 0.6 is 0 Å². The van der Waals surface area contributed by atoms with Crippen molar-refractivity contribution >= 4 is 5.96 Å². The van der Waals surface area contributed by atoms with Crippen molar-refractivity contribution in [1.82, 2.24) is 5.32 Å². The molecule has 0 amide bonds. The Bertz CT molecular complexity index is 266. The highest BCUT2D eigenvalue weighted by molar-refractivity contribution is 5.77. The van der Waals surface area contributed by atoms with Crippen LogP contribution in [0.25, 0.3) is 0 Å². The van der Waals surface area contributed by atoms with Gasteiger partial charge in [0, 0.05) is 13.1 Å². The number of aliphatic imine (C=N–C) groups is 1. The van der Waals surface area contributed by atoms with Crippen LogP contribution in [0.5, 0.6) is 0 Å². The third-order valence-corrected chi connectivity index (χ3v) is 3.69. The SMILES string of the molecule is NC(=NCC1CC=CCC1)NCC1CCC1. The van der Waals surface area contributed by atoms with Crippen molar-refractivity contribution in [3.63, 3.8) is 0 Å². The van der Waals surface area contributed by atoms with Gasteiger partial charge < -0.3 is 11.1 Å². The van der Waals surface area contributed by atoms with Gasteiger partial charge in [0.1, 0.15) is 0 Å². The summed E-state index contributed by atoms with van der Waals surface area (Å²) in [7, 11) is 0. The molecule has 1 atom stereocenters. The first-order chi connectivity index (χ1) is 7.84. The van der Waals surface area contributed by atoms with E-state index in [1.165, 1.54) is 38.5 Å². The van der Waals surface area contributed by atoms with E-state index in [1.807, 2.05) is 0 Å². The maximum Gasteiger partial charge on any atom is 0.188 e. The first-order valence-electron chi connectivity index (χ1n) is 6.53. The van der Waals surface area contributed by atoms with Gasteiger partial charge in [0.05, 0.1) is 0 Å². The third kappa shape index (κ3) is 3.54.